The van der Waals surface area contributed by atoms with Gasteiger partial charge in [0.25, 0.3) is 0 Å². The molecule has 0 aliphatic carbocycles. The van der Waals surface area contributed by atoms with Gasteiger partial charge >= 0.3 is 0 Å². The van der Waals surface area contributed by atoms with E-state index in [1.165, 1.54) is 0 Å². The maximum atomic E-state index is 5.82. The van der Waals surface area contributed by atoms with E-state index in [-0.39, 0.29) is 0 Å². The molecule has 2 N–H and O–H groups in total. The lowest BCUT2D eigenvalue weighted by molar-refractivity contribution is 0.588. The summed E-state index contributed by atoms with van der Waals surface area (Å²) in [7, 11) is 0. The third-order valence-electron chi connectivity index (χ3n) is 3.04. The summed E-state index contributed by atoms with van der Waals surface area (Å²) in [5, 5.41) is 0. The molecule has 0 saturated carbocycles. The van der Waals surface area contributed by atoms with Crippen LogP contribution in [0.3, 0.4) is 0 Å². The van der Waals surface area contributed by atoms with Gasteiger partial charge in [-0.05, 0) is 30.7 Å². The molecule has 0 saturated heterocycles. The van der Waals surface area contributed by atoms with E-state index in [0.717, 1.165) is 28.1 Å². The molecule has 0 atom stereocenters. The van der Waals surface area contributed by atoms with Gasteiger partial charge in [-0.2, -0.15) is 0 Å². The van der Waals surface area contributed by atoms with Crippen molar-refractivity contribution in [3.05, 3.63) is 60.3 Å². The largest absolute Gasteiger partial charge is 0.436 e. The first kappa shape index (κ1) is 11.5. The highest BCUT2D eigenvalue weighted by atomic mass is 16.4. The van der Waals surface area contributed by atoms with Crippen LogP contribution in [-0.2, 0) is 0 Å². The maximum Gasteiger partial charge on any atom is 0.226 e. The number of aryl methyl sites for hydroxylation is 1. The number of nitrogens with zero attached hydrogens (tertiary/aromatic N) is 1. The Labute approximate surface area is 111 Å². The van der Waals surface area contributed by atoms with Crippen LogP contribution in [0.15, 0.2) is 59.1 Å². The Bertz CT molecular complexity index is 702. The molecule has 0 aliphatic heterocycles. The molecular weight excluding hydrogens is 236 g/mol. The first-order valence-electron chi connectivity index (χ1n) is 6.12. The monoisotopic (exact) mass is 250 g/mol. The summed E-state index contributed by atoms with van der Waals surface area (Å²) < 4.78 is 5.82. The first-order valence-corrected chi connectivity index (χ1v) is 6.12. The molecule has 3 nitrogen and oxygen atoms in total. The lowest BCUT2D eigenvalue weighted by atomic mass is 10.1. The van der Waals surface area contributed by atoms with E-state index >= 15 is 0 Å². The van der Waals surface area contributed by atoms with Gasteiger partial charge < -0.3 is 10.2 Å². The maximum absolute atomic E-state index is 5.82. The van der Waals surface area contributed by atoms with Crippen molar-refractivity contribution in [3.8, 4) is 22.8 Å². The van der Waals surface area contributed by atoms with Gasteiger partial charge in [0, 0.05) is 16.8 Å². The van der Waals surface area contributed by atoms with Crippen LogP contribution in [0.2, 0.25) is 0 Å². The molecule has 0 spiro atoms. The van der Waals surface area contributed by atoms with E-state index < -0.39 is 0 Å². The molecule has 1 heterocycles. The highest BCUT2D eigenvalue weighted by Gasteiger charge is 2.10. The third-order valence-corrected chi connectivity index (χ3v) is 3.04. The zero-order valence-electron chi connectivity index (χ0n) is 10.6. The van der Waals surface area contributed by atoms with E-state index in [9.17, 15) is 0 Å². The lowest BCUT2D eigenvalue weighted by Crippen LogP contribution is -1.88. The second kappa shape index (κ2) is 4.61. The minimum Gasteiger partial charge on any atom is -0.436 e. The molecule has 19 heavy (non-hydrogen) atoms. The second-order valence-electron chi connectivity index (χ2n) is 4.47. The minimum absolute atomic E-state index is 0.622. The number of nitrogen functional groups attached to an aromatic ring is 1. The summed E-state index contributed by atoms with van der Waals surface area (Å²) in [6, 6.07) is 15.6. The van der Waals surface area contributed by atoms with Crippen LogP contribution in [-0.4, -0.2) is 4.98 Å². The Morgan fingerprint density at radius 1 is 1.05 bits per heavy atom. The van der Waals surface area contributed by atoms with Crippen molar-refractivity contribution >= 4 is 5.69 Å². The molecule has 0 aliphatic rings. The van der Waals surface area contributed by atoms with Crippen molar-refractivity contribution < 1.29 is 4.42 Å². The van der Waals surface area contributed by atoms with Crippen LogP contribution in [0.5, 0.6) is 0 Å². The van der Waals surface area contributed by atoms with Gasteiger partial charge in [-0.1, -0.05) is 30.3 Å². The fraction of sp³-hybridized carbons (Fsp3) is 0.0625. The average molecular weight is 250 g/mol. The van der Waals surface area contributed by atoms with E-state index in [1.54, 1.807) is 6.20 Å². The Morgan fingerprint density at radius 2 is 1.84 bits per heavy atom. The van der Waals surface area contributed by atoms with Gasteiger partial charge in [0.2, 0.25) is 5.89 Å². The molecular formula is C16H14N2O. The zero-order chi connectivity index (χ0) is 13.2. The first-order chi connectivity index (χ1) is 9.24. The molecule has 94 valence electrons. The number of oxazole rings is 1. The molecule has 0 bridgehead atoms. The van der Waals surface area contributed by atoms with Crippen molar-refractivity contribution in [2.45, 2.75) is 6.92 Å². The highest BCUT2D eigenvalue weighted by molar-refractivity contribution is 5.65. The smallest absolute Gasteiger partial charge is 0.226 e. The molecule has 3 heteroatoms. The normalized spacial score (nSPS) is 10.6. The Kier molecular flexibility index (Phi) is 2.80. The van der Waals surface area contributed by atoms with Crippen molar-refractivity contribution in [3.63, 3.8) is 0 Å². The average Bonchev–Trinajstić information content (AvgIpc) is 2.89. The quantitative estimate of drug-likeness (QED) is 0.702. The summed E-state index contributed by atoms with van der Waals surface area (Å²) in [6.45, 7) is 2.00. The number of nitrogens with two attached hydrogens (primary N) is 1. The molecule has 0 unspecified atom stereocenters. The number of aromatic nitrogens is 1. The minimum atomic E-state index is 0.622. The number of rotatable bonds is 2. The molecule has 2 aromatic carbocycles. The van der Waals surface area contributed by atoms with Crippen LogP contribution in [0, 0.1) is 6.92 Å². The zero-order valence-corrected chi connectivity index (χ0v) is 10.6. The standard InChI is InChI=1S/C16H14N2O/c1-11-9-13(17)7-8-14(11)16-18-10-15(19-16)12-5-3-2-4-6-12/h2-10H,17H2,1H3. The van der Waals surface area contributed by atoms with E-state index in [0.29, 0.717) is 5.89 Å². The fourth-order valence-corrected chi connectivity index (χ4v) is 2.06. The van der Waals surface area contributed by atoms with Crippen molar-refractivity contribution in [2.24, 2.45) is 0 Å². The molecule has 0 amide bonds. The Hall–Kier alpha value is -2.55. The van der Waals surface area contributed by atoms with Crippen molar-refractivity contribution in [1.82, 2.24) is 4.98 Å². The van der Waals surface area contributed by atoms with Crippen molar-refractivity contribution in [2.75, 3.05) is 5.73 Å². The Morgan fingerprint density at radius 3 is 2.58 bits per heavy atom. The molecule has 3 rings (SSSR count). The summed E-state index contributed by atoms with van der Waals surface area (Å²) in [4.78, 5) is 4.35. The van der Waals surface area contributed by atoms with E-state index in [4.69, 9.17) is 10.2 Å². The summed E-state index contributed by atoms with van der Waals surface area (Å²) in [5.74, 6) is 1.39. The van der Waals surface area contributed by atoms with Crippen LogP contribution in [0.4, 0.5) is 5.69 Å². The van der Waals surface area contributed by atoms with Gasteiger partial charge in [0.05, 0.1) is 6.20 Å². The number of hydrogen-bond acceptors (Lipinski definition) is 3. The van der Waals surface area contributed by atoms with Gasteiger partial charge in [-0.25, -0.2) is 4.98 Å². The molecule has 3 aromatic rings. The SMILES string of the molecule is Cc1cc(N)ccc1-c1ncc(-c2ccccc2)o1. The van der Waals surface area contributed by atoms with Crippen LogP contribution in [0.1, 0.15) is 5.56 Å². The molecule has 1 aromatic heterocycles. The topological polar surface area (TPSA) is 52.0 Å². The van der Waals surface area contributed by atoms with E-state index in [1.807, 2.05) is 55.5 Å². The number of hydrogen-bond donors (Lipinski definition) is 1. The van der Waals surface area contributed by atoms with Crippen LogP contribution < -0.4 is 5.73 Å². The second-order valence-corrected chi connectivity index (χ2v) is 4.47. The van der Waals surface area contributed by atoms with Crippen LogP contribution >= 0.6 is 0 Å². The lowest BCUT2D eigenvalue weighted by Gasteiger charge is -2.02. The third kappa shape index (κ3) is 2.22. The fourth-order valence-electron chi connectivity index (χ4n) is 2.06. The van der Waals surface area contributed by atoms with E-state index in [2.05, 4.69) is 4.98 Å². The summed E-state index contributed by atoms with van der Waals surface area (Å²) in [6.07, 6.45) is 1.75. The summed E-state index contributed by atoms with van der Waals surface area (Å²) >= 11 is 0. The highest BCUT2D eigenvalue weighted by Crippen LogP contribution is 2.28. The predicted molar refractivity (Wildman–Crippen MR) is 76.5 cm³/mol. The van der Waals surface area contributed by atoms with Crippen LogP contribution in [0.25, 0.3) is 22.8 Å². The van der Waals surface area contributed by atoms with Gasteiger partial charge in [-0.15, -0.1) is 0 Å². The number of benzene rings is 2. The van der Waals surface area contributed by atoms with Crippen molar-refractivity contribution in [1.29, 1.82) is 0 Å². The Balaban J connectivity index is 2.02. The van der Waals surface area contributed by atoms with Gasteiger partial charge in [0.1, 0.15) is 0 Å². The number of anilines is 1. The van der Waals surface area contributed by atoms with Gasteiger partial charge in [0.15, 0.2) is 5.76 Å². The van der Waals surface area contributed by atoms with Gasteiger partial charge in [-0.3, -0.25) is 0 Å². The molecule has 0 radical (unpaired) electrons. The predicted octanol–water partition coefficient (Wildman–Crippen LogP) is 3.90. The summed E-state index contributed by atoms with van der Waals surface area (Å²) in [5.41, 5.74) is 9.55. The molecule has 0 fully saturated rings.